The van der Waals surface area contributed by atoms with Crippen molar-refractivity contribution in [3.8, 4) is 0 Å². The Morgan fingerprint density at radius 2 is 1.68 bits per heavy atom. The number of nitrogens with zero attached hydrogens (tertiary/aromatic N) is 2. The molecule has 5 nitrogen and oxygen atoms in total. The van der Waals surface area contributed by atoms with Crippen LogP contribution in [0.15, 0.2) is 78.7 Å². The van der Waals surface area contributed by atoms with Crippen LogP contribution in [0.3, 0.4) is 0 Å². The summed E-state index contributed by atoms with van der Waals surface area (Å²) in [4.78, 5) is 14.9. The lowest BCUT2D eigenvalue weighted by atomic mass is 10.0. The Balaban J connectivity index is 1.86. The number of anilines is 1. The van der Waals surface area contributed by atoms with Gasteiger partial charge in [-0.05, 0) is 48.7 Å². The molecule has 0 saturated carbocycles. The third-order valence-corrected chi connectivity index (χ3v) is 6.61. The number of para-hydroxylation sites is 1. The van der Waals surface area contributed by atoms with Crippen LogP contribution < -0.4 is 4.90 Å². The van der Waals surface area contributed by atoms with Crippen molar-refractivity contribution in [3.63, 3.8) is 0 Å². The zero-order chi connectivity index (χ0) is 20.1. The van der Waals surface area contributed by atoms with E-state index in [0.717, 1.165) is 24.1 Å². The average Bonchev–Trinajstić information content (AvgIpc) is 2.72. The molecule has 0 N–H and O–H groups in total. The molecule has 0 unspecified atom stereocenters. The number of aryl methyl sites for hydroxylation is 1. The van der Waals surface area contributed by atoms with E-state index in [1.807, 2.05) is 24.3 Å². The Kier molecular flexibility index (Phi) is 6.11. The highest BCUT2D eigenvalue weighted by molar-refractivity contribution is 7.89. The van der Waals surface area contributed by atoms with Crippen LogP contribution in [-0.4, -0.2) is 38.3 Å². The first-order valence-electron chi connectivity index (χ1n) is 9.21. The van der Waals surface area contributed by atoms with E-state index in [-0.39, 0.29) is 23.9 Å². The van der Waals surface area contributed by atoms with E-state index in [9.17, 15) is 13.2 Å². The summed E-state index contributed by atoms with van der Waals surface area (Å²) < 4.78 is 26.9. The number of amides is 1. The molecule has 0 bridgehead atoms. The van der Waals surface area contributed by atoms with Crippen molar-refractivity contribution in [2.45, 2.75) is 17.7 Å². The van der Waals surface area contributed by atoms with Crippen LogP contribution in [-0.2, 0) is 16.4 Å². The van der Waals surface area contributed by atoms with Crippen molar-refractivity contribution < 1.29 is 13.2 Å². The van der Waals surface area contributed by atoms with E-state index in [1.54, 1.807) is 17.0 Å². The van der Waals surface area contributed by atoms with Crippen molar-refractivity contribution in [2.24, 2.45) is 0 Å². The lowest BCUT2D eigenvalue weighted by molar-refractivity contribution is 0.0985. The summed E-state index contributed by atoms with van der Waals surface area (Å²) >= 11 is 0. The van der Waals surface area contributed by atoms with E-state index in [4.69, 9.17) is 0 Å². The lowest BCUT2D eigenvalue weighted by Gasteiger charge is -2.29. The highest BCUT2D eigenvalue weighted by atomic mass is 32.2. The molecule has 1 aliphatic heterocycles. The number of sulfonamides is 1. The third-order valence-electron chi connectivity index (χ3n) is 4.76. The molecule has 0 aromatic heterocycles. The highest BCUT2D eigenvalue weighted by Gasteiger charge is 2.25. The second kappa shape index (κ2) is 8.54. The standard InChI is InChI=1S/C22H24N2O3S/c1-3-15-23(16-4-2)28(26,27)20-13-11-19(12-14-20)22(25)24-17-7-9-18-8-5-6-10-21(18)24/h3-6,8,10-14H,1-2,7,9,15-17H2. The fourth-order valence-electron chi connectivity index (χ4n) is 3.38. The van der Waals surface area contributed by atoms with Gasteiger partial charge < -0.3 is 4.90 Å². The van der Waals surface area contributed by atoms with Gasteiger partial charge in [0.2, 0.25) is 10.0 Å². The topological polar surface area (TPSA) is 57.7 Å². The minimum Gasteiger partial charge on any atom is -0.308 e. The van der Waals surface area contributed by atoms with E-state index >= 15 is 0 Å². The molecule has 146 valence electrons. The monoisotopic (exact) mass is 396 g/mol. The van der Waals surface area contributed by atoms with Gasteiger partial charge in [0.15, 0.2) is 0 Å². The van der Waals surface area contributed by atoms with Gasteiger partial charge in [0, 0.05) is 30.9 Å². The summed E-state index contributed by atoms with van der Waals surface area (Å²) in [5, 5.41) is 0. The molecule has 0 fully saturated rings. The molecule has 1 aliphatic rings. The Bertz CT molecular complexity index is 971. The summed E-state index contributed by atoms with van der Waals surface area (Å²) in [6.45, 7) is 8.26. The molecule has 0 radical (unpaired) electrons. The molecule has 3 rings (SSSR count). The van der Waals surface area contributed by atoms with Gasteiger partial charge >= 0.3 is 0 Å². The van der Waals surface area contributed by atoms with Crippen LogP contribution in [0.4, 0.5) is 5.69 Å². The number of hydrogen-bond acceptors (Lipinski definition) is 3. The number of fused-ring (bicyclic) bond motifs is 1. The molecule has 28 heavy (non-hydrogen) atoms. The normalized spacial score (nSPS) is 13.8. The van der Waals surface area contributed by atoms with Crippen LogP contribution >= 0.6 is 0 Å². The number of carbonyl (C=O) groups is 1. The first-order valence-corrected chi connectivity index (χ1v) is 10.6. The fraction of sp³-hybridized carbons (Fsp3) is 0.227. The predicted octanol–water partition coefficient (Wildman–Crippen LogP) is 3.64. The van der Waals surface area contributed by atoms with Gasteiger partial charge in [-0.2, -0.15) is 4.31 Å². The molecule has 2 aromatic rings. The van der Waals surface area contributed by atoms with Gasteiger partial charge in [-0.25, -0.2) is 8.42 Å². The molecule has 0 aliphatic carbocycles. The second-order valence-corrected chi connectivity index (χ2v) is 8.55. The number of hydrogen-bond donors (Lipinski definition) is 0. The molecule has 1 amide bonds. The number of benzene rings is 2. The molecule has 0 spiro atoms. The first kappa shape index (κ1) is 20.0. The van der Waals surface area contributed by atoms with Crippen molar-refractivity contribution in [1.29, 1.82) is 0 Å². The maximum Gasteiger partial charge on any atom is 0.258 e. The lowest BCUT2D eigenvalue weighted by Crippen LogP contribution is -2.35. The van der Waals surface area contributed by atoms with Crippen LogP contribution in [0.25, 0.3) is 0 Å². The quantitative estimate of drug-likeness (QED) is 0.672. The minimum atomic E-state index is -3.68. The van der Waals surface area contributed by atoms with Gasteiger partial charge in [-0.1, -0.05) is 30.4 Å². The predicted molar refractivity (Wildman–Crippen MR) is 112 cm³/mol. The van der Waals surface area contributed by atoms with Crippen molar-refractivity contribution >= 4 is 21.6 Å². The van der Waals surface area contributed by atoms with E-state index in [2.05, 4.69) is 13.2 Å². The Hall–Kier alpha value is -2.70. The smallest absolute Gasteiger partial charge is 0.258 e. The van der Waals surface area contributed by atoms with E-state index < -0.39 is 10.0 Å². The van der Waals surface area contributed by atoms with E-state index in [0.29, 0.717) is 12.1 Å². The summed E-state index contributed by atoms with van der Waals surface area (Å²) in [6, 6.07) is 14.0. The Morgan fingerprint density at radius 1 is 1.04 bits per heavy atom. The van der Waals surface area contributed by atoms with Crippen LogP contribution in [0.5, 0.6) is 0 Å². The summed E-state index contributed by atoms with van der Waals surface area (Å²) in [6.07, 6.45) is 4.94. The zero-order valence-corrected chi connectivity index (χ0v) is 16.6. The van der Waals surface area contributed by atoms with Gasteiger partial charge in [0.25, 0.3) is 5.91 Å². The van der Waals surface area contributed by atoms with Crippen molar-refractivity contribution in [2.75, 3.05) is 24.5 Å². The summed E-state index contributed by atoms with van der Waals surface area (Å²) in [5.41, 5.74) is 2.55. The number of rotatable bonds is 7. The largest absolute Gasteiger partial charge is 0.308 e. The molecular weight excluding hydrogens is 372 g/mol. The van der Waals surface area contributed by atoms with Crippen molar-refractivity contribution in [3.05, 3.63) is 85.0 Å². The van der Waals surface area contributed by atoms with Crippen LogP contribution in [0, 0.1) is 0 Å². The fourth-order valence-corrected chi connectivity index (χ4v) is 4.76. The van der Waals surface area contributed by atoms with Crippen LogP contribution in [0.1, 0.15) is 22.3 Å². The molecule has 6 heteroatoms. The van der Waals surface area contributed by atoms with Gasteiger partial charge in [-0.15, -0.1) is 13.2 Å². The van der Waals surface area contributed by atoms with Crippen LogP contribution in [0.2, 0.25) is 0 Å². The average molecular weight is 397 g/mol. The van der Waals surface area contributed by atoms with Crippen molar-refractivity contribution in [1.82, 2.24) is 4.31 Å². The highest BCUT2D eigenvalue weighted by Crippen LogP contribution is 2.28. The Morgan fingerprint density at radius 3 is 2.32 bits per heavy atom. The number of carbonyl (C=O) groups excluding carboxylic acids is 1. The Labute approximate surface area is 166 Å². The molecule has 0 atom stereocenters. The zero-order valence-electron chi connectivity index (χ0n) is 15.8. The van der Waals surface area contributed by atoms with Gasteiger partial charge in [0.1, 0.15) is 0 Å². The SMILES string of the molecule is C=CCN(CC=C)S(=O)(=O)c1ccc(C(=O)N2CCCc3ccccc32)cc1. The third kappa shape index (κ3) is 3.93. The maximum absolute atomic E-state index is 13.0. The molecule has 2 aromatic carbocycles. The molecule has 1 heterocycles. The molecule has 0 saturated heterocycles. The molecular formula is C22H24N2O3S. The van der Waals surface area contributed by atoms with E-state index in [1.165, 1.54) is 28.6 Å². The first-order chi connectivity index (χ1) is 13.5. The summed E-state index contributed by atoms with van der Waals surface area (Å²) in [7, 11) is -3.68. The second-order valence-electron chi connectivity index (χ2n) is 6.61. The minimum absolute atomic E-state index is 0.120. The van der Waals surface area contributed by atoms with Gasteiger partial charge in [0.05, 0.1) is 4.90 Å². The maximum atomic E-state index is 13.0. The summed E-state index contributed by atoms with van der Waals surface area (Å²) in [5.74, 6) is -0.120. The van der Waals surface area contributed by atoms with Gasteiger partial charge in [-0.3, -0.25) is 4.79 Å².